The second-order valence-corrected chi connectivity index (χ2v) is 4.10. The highest BCUT2D eigenvalue weighted by atomic mass is 35.5. The van der Waals surface area contributed by atoms with E-state index in [0.29, 0.717) is 11.4 Å². The molecule has 1 heterocycles. The van der Waals surface area contributed by atoms with E-state index in [1.807, 2.05) is 25.1 Å². The fraction of sp³-hybridized carbons (Fsp3) is 0.250. The fourth-order valence-electron chi connectivity index (χ4n) is 1.66. The zero-order chi connectivity index (χ0) is 10.8. The van der Waals surface area contributed by atoms with Gasteiger partial charge in [0, 0.05) is 11.1 Å². The summed E-state index contributed by atoms with van der Waals surface area (Å²) in [5.74, 6) is 0.0869. The number of carbonyl (C=O) groups excluding carboxylic acids is 1. The first-order valence-electron chi connectivity index (χ1n) is 4.77. The van der Waals surface area contributed by atoms with Crippen LogP contribution in [0, 0.1) is 6.92 Å². The van der Waals surface area contributed by atoms with Crippen molar-refractivity contribution in [3.8, 4) is 0 Å². The molecule has 15 heavy (non-hydrogen) atoms. The number of allylic oxidation sites excluding steroid dienone is 1. The number of ketones is 1. The molecule has 1 aromatic carbocycles. The molecule has 0 saturated heterocycles. The number of halogens is 1. The molecule has 0 fully saturated rings. The third-order valence-electron chi connectivity index (χ3n) is 2.32. The summed E-state index contributed by atoms with van der Waals surface area (Å²) in [4.78, 5) is 11.2. The van der Waals surface area contributed by atoms with Gasteiger partial charge in [0.05, 0.1) is 12.7 Å². The molecule has 0 N–H and O–H groups in total. The van der Waals surface area contributed by atoms with Crippen LogP contribution in [0.3, 0.4) is 0 Å². The summed E-state index contributed by atoms with van der Waals surface area (Å²) in [5, 5.41) is 0.676. The molecule has 1 aliphatic heterocycles. The van der Waals surface area contributed by atoms with Crippen molar-refractivity contribution in [3.63, 3.8) is 0 Å². The maximum Gasteiger partial charge on any atom is 0.162 e. The van der Waals surface area contributed by atoms with E-state index in [4.69, 9.17) is 16.3 Å². The minimum atomic E-state index is -0.195. The van der Waals surface area contributed by atoms with Crippen molar-refractivity contribution in [1.82, 2.24) is 0 Å². The van der Waals surface area contributed by atoms with Crippen molar-refractivity contribution < 1.29 is 9.53 Å². The molecule has 1 unspecified atom stereocenters. The van der Waals surface area contributed by atoms with Crippen molar-refractivity contribution in [2.75, 3.05) is 0 Å². The number of hydrogen-bond acceptors (Lipinski definition) is 2. The molecule has 0 spiro atoms. The number of hydrogen-bond donors (Lipinski definition) is 0. The number of benzene rings is 1. The van der Waals surface area contributed by atoms with Crippen LogP contribution in [0.25, 0.3) is 0 Å². The molecule has 3 heteroatoms. The second-order valence-electron chi connectivity index (χ2n) is 3.66. The van der Waals surface area contributed by atoms with Crippen LogP contribution in [-0.2, 0) is 9.53 Å². The summed E-state index contributed by atoms with van der Waals surface area (Å²) in [7, 11) is 0. The molecule has 0 bridgehead atoms. The van der Waals surface area contributed by atoms with Gasteiger partial charge in [0.15, 0.2) is 5.78 Å². The van der Waals surface area contributed by atoms with Gasteiger partial charge >= 0.3 is 0 Å². The Bertz CT molecular complexity index is 403. The van der Waals surface area contributed by atoms with Gasteiger partial charge in [-0.1, -0.05) is 17.7 Å². The van der Waals surface area contributed by atoms with Crippen molar-refractivity contribution in [3.05, 3.63) is 46.7 Å². The van der Waals surface area contributed by atoms with Gasteiger partial charge in [-0.25, -0.2) is 0 Å². The lowest BCUT2D eigenvalue weighted by Gasteiger charge is -2.19. The summed E-state index contributed by atoms with van der Waals surface area (Å²) < 4.78 is 5.38. The first-order chi connectivity index (χ1) is 7.15. The number of aryl methyl sites for hydroxylation is 1. The van der Waals surface area contributed by atoms with Gasteiger partial charge < -0.3 is 4.74 Å². The van der Waals surface area contributed by atoms with Crippen molar-refractivity contribution in [1.29, 1.82) is 0 Å². The first kappa shape index (κ1) is 10.2. The summed E-state index contributed by atoms with van der Waals surface area (Å²) in [5.41, 5.74) is 2.03. The van der Waals surface area contributed by atoms with Crippen LogP contribution >= 0.6 is 11.6 Å². The van der Waals surface area contributed by atoms with Crippen LogP contribution in [0.1, 0.15) is 23.7 Å². The molecule has 2 rings (SSSR count). The van der Waals surface area contributed by atoms with Gasteiger partial charge in [0.1, 0.15) is 6.10 Å². The van der Waals surface area contributed by atoms with Crippen molar-refractivity contribution in [2.24, 2.45) is 0 Å². The lowest BCUT2D eigenvalue weighted by molar-refractivity contribution is -0.118. The zero-order valence-electron chi connectivity index (χ0n) is 8.37. The molecule has 0 radical (unpaired) electrons. The average Bonchev–Trinajstić information content (AvgIpc) is 2.16. The quantitative estimate of drug-likeness (QED) is 0.730. The predicted molar refractivity (Wildman–Crippen MR) is 58.8 cm³/mol. The fourth-order valence-corrected chi connectivity index (χ4v) is 1.95. The van der Waals surface area contributed by atoms with Crippen LogP contribution in [-0.4, -0.2) is 5.78 Å². The van der Waals surface area contributed by atoms with Crippen LogP contribution in [0.4, 0.5) is 0 Å². The van der Waals surface area contributed by atoms with Gasteiger partial charge in [-0.15, -0.1) is 0 Å². The Labute approximate surface area is 93.5 Å². The van der Waals surface area contributed by atoms with Crippen molar-refractivity contribution in [2.45, 2.75) is 19.4 Å². The highest BCUT2D eigenvalue weighted by Crippen LogP contribution is 2.28. The molecule has 0 aromatic heterocycles. The van der Waals surface area contributed by atoms with E-state index < -0.39 is 0 Å². The van der Waals surface area contributed by atoms with Gasteiger partial charge in [0.25, 0.3) is 0 Å². The maximum absolute atomic E-state index is 11.2. The molecule has 1 aliphatic rings. The van der Waals surface area contributed by atoms with Crippen molar-refractivity contribution >= 4 is 17.4 Å². The monoisotopic (exact) mass is 222 g/mol. The zero-order valence-corrected chi connectivity index (χ0v) is 9.12. The Morgan fingerprint density at radius 2 is 2.20 bits per heavy atom. The maximum atomic E-state index is 11.2. The highest BCUT2D eigenvalue weighted by molar-refractivity contribution is 6.30. The normalized spacial score (nSPS) is 20.1. The van der Waals surface area contributed by atoms with Gasteiger partial charge in [0.2, 0.25) is 0 Å². The molecular weight excluding hydrogens is 212 g/mol. The Morgan fingerprint density at radius 1 is 1.40 bits per heavy atom. The van der Waals surface area contributed by atoms with Gasteiger partial charge in [-0.2, -0.15) is 0 Å². The second kappa shape index (κ2) is 4.07. The Hall–Kier alpha value is -1.28. The van der Waals surface area contributed by atoms with Gasteiger partial charge in [-0.3, -0.25) is 4.79 Å². The largest absolute Gasteiger partial charge is 0.493 e. The molecule has 1 aromatic rings. The van der Waals surface area contributed by atoms with Crippen LogP contribution in [0.15, 0.2) is 30.5 Å². The number of ether oxygens (including phenoxy) is 1. The summed E-state index contributed by atoms with van der Waals surface area (Å²) in [6, 6.07) is 5.71. The minimum Gasteiger partial charge on any atom is -0.493 e. The Balaban J connectivity index is 2.29. The van der Waals surface area contributed by atoms with Gasteiger partial charge in [-0.05, 0) is 30.2 Å². The third kappa shape index (κ3) is 2.39. The summed E-state index contributed by atoms with van der Waals surface area (Å²) in [6.07, 6.45) is 3.09. The molecule has 0 amide bonds. The van der Waals surface area contributed by atoms with E-state index in [0.717, 1.165) is 11.1 Å². The minimum absolute atomic E-state index is 0.0869. The molecule has 78 valence electrons. The number of rotatable bonds is 1. The Kier molecular flexibility index (Phi) is 2.78. The van der Waals surface area contributed by atoms with E-state index >= 15 is 0 Å². The average molecular weight is 223 g/mol. The first-order valence-corrected chi connectivity index (χ1v) is 5.15. The van der Waals surface area contributed by atoms with E-state index in [-0.39, 0.29) is 11.9 Å². The topological polar surface area (TPSA) is 26.3 Å². The standard InChI is InChI=1S/C12H11ClO2/c1-8-4-9(6-10(13)5-8)12-7-11(14)2-3-15-12/h2-6,12H,7H2,1H3. The lowest BCUT2D eigenvalue weighted by Crippen LogP contribution is -2.11. The van der Waals surface area contributed by atoms with Crippen LogP contribution < -0.4 is 0 Å². The van der Waals surface area contributed by atoms with Crippen LogP contribution in [0.2, 0.25) is 5.02 Å². The van der Waals surface area contributed by atoms with E-state index in [9.17, 15) is 4.79 Å². The molecular formula is C12H11ClO2. The number of carbonyl (C=O) groups is 1. The Morgan fingerprint density at radius 3 is 2.87 bits per heavy atom. The predicted octanol–water partition coefficient (Wildman–Crippen LogP) is 3.19. The molecule has 0 aliphatic carbocycles. The highest BCUT2D eigenvalue weighted by Gasteiger charge is 2.19. The molecule has 1 atom stereocenters. The SMILES string of the molecule is Cc1cc(Cl)cc(C2CC(=O)C=CO2)c1. The summed E-state index contributed by atoms with van der Waals surface area (Å²) >= 11 is 5.95. The third-order valence-corrected chi connectivity index (χ3v) is 2.54. The van der Waals surface area contributed by atoms with E-state index in [1.165, 1.54) is 12.3 Å². The van der Waals surface area contributed by atoms with E-state index in [2.05, 4.69) is 0 Å². The lowest BCUT2D eigenvalue weighted by atomic mass is 10.0. The smallest absolute Gasteiger partial charge is 0.162 e. The summed E-state index contributed by atoms with van der Waals surface area (Å²) in [6.45, 7) is 1.97. The van der Waals surface area contributed by atoms with E-state index in [1.54, 1.807) is 0 Å². The van der Waals surface area contributed by atoms with Crippen LogP contribution in [0.5, 0.6) is 0 Å². The molecule has 0 saturated carbocycles. The molecule has 2 nitrogen and oxygen atoms in total.